The highest BCUT2D eigenvalue weighted by Gasteiger charge is 2.09. The number of halogens is 1. The van der Waals surface area contributed by atoms with E-state index in [1.54, 1.807) is 0 Å². The number of rotatable bonds is 1. The van der Waals surface area contributed by atoms with Crippen LogP contribution in [0.3, 0.4) is 0 Å². The maximum Gasteiger partial charge on any atom is 0.138 e. The second kappa shape index (κ2) is 4.46. The molecule has 0 fully saturated rings. The Morgan fingerprint density at radius 1 is 1.05 bits per heavy atom. The van der Waals surface area contributed by atoms with Crippen LogP contribution in [-0.2, 0) is 0 Å². The van der Waals surface area contributed by atoms with Gasteiger partial charge in [0, 0.05) is 35.8 Å². The van der Waals surface area contributed by atoms with Crippen LogP contribution in [0.2, 0.25) is 0 Å². The van der Waals surface area contributed by atoms with Crippen molar-refractivity contribution in [3.05, 3.63) is 53.1 Å². The van der Waals surface area contributed by atoms with Crippen LogP contribution < -0.4 is 4.90 Å². The number of pyridine rings is 1. The van der Waals surface area contributed by atoms with Gasteiger partial charge in [-0.2, -0.15) is 0 Å². The fraction of sp³-hybridized carbons (Fsp3) is 0.118. The molecule has 0 aliphatic carbocycles. The van der Waals surface area contributed by atoms with Gasteiger partial charge in [-0.05, 0) is 51.6 Å². The van der Waals surface area contributed by atoms with Crippen molar-refractivity contribution >= 4 is 49.1 Å². The molecule has 0 radical (unpaired) electrons. The quantitative estimate of drug-likeness (QED) is 0.510. The molecule has 0 unspecified atom stereocenters. The topological polar surface area (TPSA) is 20.5 Å². The lowest BCUT2D eigenvalue weighted by Crippen LogP contribution is -2.07. The SMILES string of the molecule is CN(C)c1ccc2c(ccc3c2nc2ccc(Br)cn23)c1. The van der Waals surface area contributed by atoms with Crippen molar-refractivity contribution in [3.8, 4) is 0 Å². The van der Waals surface area contributed by atoms with Gasteiger partial charge < -0.3 is 4.90 Å². The molecule has 4 heteroatoms. The summed E-state index contributed by atoms with van der Waals surface area (Å²) in [7, 11) is 4.12. The predicted molar refractivity (Wildman–Crippen MR) is 92.2 cm³/mol. The monoisotopic (exact) mass is 339 g/mol. The fourth-order valence-electron chi connectivity index (χ4n) is 2.74. The lowest BCUT2D eigenvalue weighted by atomic mass is 10.1. The van der Waals surface area contributed by atoms with Crippen LogP contribution in [0.1, 0.15) is 0 Å². The fourth-order valence-corrected chi connectivity index (χ4v) is 3.08. The molecule has 0 aliphatic rings. The van der Waals surface area contributed by atoms with E-state index in [1.165, 1.54) is 16.5 Å². The molecule has 0 spiro atoms. The van der Waals surface area contributed by atoms with Gasteiger partial charge >= 0.3 is 0 Å². The molecule has 0 N–H and O–H groups in total. The van der Waals surface area contributed by atoms with Gasteiger partial charge in [-0.3, -0.25) is 4.40 Å². The summed E-state index contributed by atoms with van der Waals surface area (Å²) in [6.45, 7) is 0. The van der Waals surface area contributed by atoms with Crippen molar-refractivity contribution in [2.75, 3.05) is 19.0 Å². The molecule has 0 bridgehead atoms. The first-order chi connectivity index (χ1) is 10.1. The highest BCUT2D eigenvalue weighted by Crippen LogP contribution is 2.29. The number of hydrogen-bond acceptors (Lipinski definition) is 2. The zero-order valence-corrected chi connectivity index (χ0v) is 13.4. The number of hydrogen-bond donors (Lipinski definition) is 0. The van der Waals surface area contributed by atoms with Crippen LogP contribution >= 0.6 is 15.9 Å². The summed E-state index contributed by atoms with van der Waals surface area (Å²) in [6, 6.07) is 14.9. The summed E-state index contributed by atoms with van der Waals surface area (Å²) in [6.07, 6.45) is 2.06. The number of nitrogens with zero attached hydrogens (tertiary/aromatic N) is 3. The Kier molecular flexibility index (Phi) is 2.69. The summed E-state index contributed by atoms with van der Waals surface area (Å²) >= 11 is 3.52. The van der Waals surface area contributed by atoms with E-state index in [0.29, 0.717) is 0 Å². The van der Waals surface area contributed by atoms with Crippen LogP contribution in [0.15, 0.2) is 53.1 Å². The molecule has 0 saturated heterocycles. The summed E-state index contributed by atoms with van der Waals surface area (Å²) in [5.74, 6) is 0. The molecule has 0 atom stereocenters. The molecule has 4 rings (SSSR count). The van der Waals surface area contributed by atoms with Crippen molar-refractivity contribution in [1.82, 2.24) is 9.38 Å². The molecule has 0 saturated carbocycles. The summed E-state index contributed by atoms with van der Waals surface area (Å²) in [5, 5.41) is 2.41. The lowest BCUT2D eigenvalue weighted by molar-refractivity contribution is 1.14. The minimum atomic E-state index is 0.970. The van der Waals surface area contributed by atoms with E-state index in [2.05, 4.69) is 75.9 Å². The minimum Gasteiger partial charge on any atom is -0.378 e. The zero-order chi connectivity index (χ0) is 14.6. The van der Waals surface area contributed by atoms with E-state index in [0.717, 1.165) is 21.2 Å². The average molecular weight is 340 g/mol. The van der Waals surface area contributed by atoms with Crippen molar-refractivity contribution < 1.29 is 0 Å². The molecule has 2 aromatic carbocycles. The Labute approximate surface area is 130 Å². The van der Waals surface area contributed by atoms with E-state index in [4.69, 9.17) is 4.98 Å². The Hall–Kier alpha value is -2.07. The average Bonchev–Trinajstić information content (AvgIpc) is 2.84. The number of imidazole rings is 1. The van der Waals surface area contributed by atoms with Crippen LogP contribution in [-0.4, -0.2) is 23.5 Å². The Bertz CT molecular complexity index is 986. The van der Waals surface area contributed by atoms with Gasteiger partial charge in [0.2, 0.25) is 0 Å². The summed E-state index contributed by atoms with van der Waals surface area (Å²) < 4.78 is 3.18. The van der Waals surface area contributed by atoms with E-state index in [9.17, 15) is 0 Å². The Balaban J connectivity index is 2.11. The third-order valence-corrected chi connectivity index (χ3v) is 4.32. The molecule has 0 amide bonds. The summed E-state index contributed by atoms with van der Waals surface area (Å²) in [4.78, 5) is 6.90. The Morgan fingerprint density at radius 2 is 1.90 bits per heavy atom. The van der Waals surface area contributed by atoms with E-state index < -0.39 is 0 Å². The van der Waals surface area contributed by atoms with E-state index in [-0.39, 0.29) is 0 Å². The first-order valence-corrected chi connectivity index (χ1v) is 7.60. The lowest BCUT2D eigenvalue weighted by Gasteiger charge is -2.13. The zero-order valence-electron chi connectivity index (χ0n) is 11.8. The maximum atomic E-state index is 4.79. The van der Waals surface area contributed by atoms with E-state index >= 15 is 0 Å². The number of benzene rings is 2. The predicted octanol–water partition coefficient (Wildman–Crippen LogP) is 4.47. The standard InChI is InChI=1S/C17H14BrN3/c1-20(2)13-5-6-14-11(9-13)3-7-15-17(14)19-16-8-4-12(18)10-21(15)16/h3-10H,1-2H3. The Morgan fingerprint density at radius 3 is 2.71 bits per heavy atom. The van der Waals surface area contributed by atoms with Crippen LogP contribution in [0.4, 0.5) is 5.69 Å². The molecule has 4 aromatic rings. The highest BCUT2D eigenvalue weighted by atomic mass is 79.9. The third-order valence-electron chi connectivity index (χ3n) is 3.85. The van der Waals surface area contributed by atoms with Crippen LogP contribution in [0, 0.1) is 0 Å². The van der Waals surface area contributed by atoms with Crippen molar-refractivity contribution in [3.63, 3.8) is 0 Å². The molecule has 21 heavy (non-hydrogen) atoms. The molecular formula is C17H14BrN3. The van der Waals surface area contributed by atoms with Crippen molar-refractivity contribution in [2.24, 2.45) is 0 Å². The van der Waals surface area contributed by atoms with Gasteiger partial charge in [-0.25, -0.2) is 4.98 Å². The van der Waals surface area contributed by atoms with Gasteiger partial charge in [-0.1, -0.05) is 12.1 Å². The van der Waals surface area contributed by atoms with Crippen molar-refractivity contribution in [2.45, 2.75) is 0 Å². The van der Waals surface area contributed by atoms with Crippen LogP contribution in [0.5, 0.6) is 0 Å². The highest BCUT2D eigenvalue weighted by molar-refractivity contribution is 9.10. The third kappa shape index (κ3) is 1.90. The molecular weight excluding hydrogens is 326 g/mol. The molecule has 2 aromatic heterocycles. The first kappa shape index (κ1) is 12.7. The van der Waals surface area contributed by atoms with Crippen molar-refractivity contribution in [1.29, 1.82) is 0 Å². The second-order valence-electron chi connectivity index (χ2n) is 5.42. The van der Waals surface area contributed by atoms with Gasteiger partial charge in [0.25, 0.3) is 0 Å². The molecule has 3 nitrogen and oxygen atoms in total. The normalized spacial score (nSPS) is 11.6. The maximum absolute atomic E-state index is 4.79. The smallest absolute Gasteiger partial charge is 0.138 e. The number of anilines is 1. The second-order valence-corrected chi connectivity index (χ2v) is 6.34. The summed E-state index contributed by atoms with van der Waals surface area (Å²) in [5.41, 5.74) is 4.36. The van der Waals surface area contributed by atoms with Gasteiger partial charge in [0.05, 0.1) is 11.0 Å². The molecule has 0 aliphatic heterocycles. The van der Waals surface area contributed by atoms with Gasteiger partial charge in [0.1, 0.15) is 5.65 Å². The largest absolute Gasteiger partial charge is 0.378 e. The van der Waals surface area contributed by atoms with Crippen LogP contribution in [0.25, 0.3) is 27.5 Å². The molecule has 2 heterocycles. The van der Waals surface area contributed by atoms with Gasteiger partial charge in [-0.15, -0.1) is 0 Å². The number of fused-ring (bicyclic) bond motifs is 5. The molecule has 104 valence electrons. The van der Waals surface area contributed by atoms with E-state index in [1.807, 2.05) is 12.1 Å². The number of aromatic nitrogens is 2. The minimum absolute atomic E-state index is 0.970. The van der Waals surface area contributed by atoms with Gasteiger partial charge in [0.15, 0.2) is 0 Å². The first-order valence-electron chi connectivity index (χ1n) is 6.81.